The first kappa shape index (κ1) is 15.1. The van der Waals surface area contributed by atoms with Gasteiger partial charge in [0.1, 0.15) is 12.6 Å². The molecule has 8 nitrogen and oxygen atoms in total. The molecule has 2 aromatic heterocycles. The van der Waals surface area contributed by atoms with Crippen molar-refractivity contribution < 1.29 is 14.7 Å². The number of thiophene rings is 1. The fraction of sp³-hybridized carbons (Fsp3) is 0.417. The number of hydrogen-bond donors (Lipinski definition) is 2. The molecule has 0 aliphatic heterocycles. The summed E-state index contributed by atoms with van der Waals surface area (Å²) in [7, 11) is 0. The Morgan fingerprint density at radius 2 is 2.33 bits per heavy atom. The van der Waals surface area contributed by atoms with E-state index in [1.54, 1.807) is 0 Å². The summed E-state index contributed by atoms with van der Waals surface area (Å²) in [5, 5.41) is 25.1. The molecule has 0 spiro atoms. The van der Waals surface area contributed by atoms with Crippen LogP contribution in [0, 0.1) is 0 Å². The zero-order valence-electron chi connectivity index (χ0n) is 11.4. The normalized spacial score (nSPS) is 12.0. The Balaban J connectivity index is 1.95. The van der Waals surface area contributed by atoms with E-state index in [4.69, 9.17) is 5.11 Å². The van der Waals surface area contributed by atoms with E-state index in [2.05, 4.69) is 20.7 Å². The van der Waals surface area contributed by atoms with Crippen molar-refractivity contribution in [1.82, 2.24) is 25.5 Å². The van der Waals surface area contributed by atoms with Crippen molar-refractivity contribution in [3.8, 4) is 10.7 Å². The van der Waals surface area contributed by atoms with Gasteiger partial charge in [0.15, 0.2) is 0 Å². The van der Waals surface area contributed by atoms with Gasteiger partial charge in [0, 0.05) is 0 Å². The molecule has 0 fully saturated rings. The topological polar surface area (TPSA) is 110 Å². The van der Waals surface area contributed by atoms with Gasteiger partial charge in [-0.25, -0.2) is 4.79 Å². The van der Waals surface area contributed by atoms with Crippen molar-refractivity contribution in [2.75, 3.05) is 0 Å². The average molecular weight is 309 g/mol. The lowest BCUT2D eigenvalue weighted by Crippen LogP contribution is -2.42. The molecular formula is C12H15N5O3S. The van der Waals surface area contributed by atoms with Crippen LogP contribution in [0.5, 0.6) is 0 Å². The molecule has 1 amide bonds. The number of nitrogens with zero attached hydrogens (tertiary/aromatic N) is 4. The van der Waals surface area contributed by atoms with E-state index in [9.17, 15) is 9.59 Å². The lowest BCUT2D eigenvalue weighted by molar-refractivity contribution is -0.142. The van der Waals surface area contributed by atoms with Crippen molar-refractivity contribution >= 4 is 23.2 Å². The van der Waals surface area contributed by atoms with Gasteiger partial charge in [-0.3, -0.25) is 4.79 Å². The van der Waals surface area contributed by atoms with Crippen LogP contribution in [0.1, 0.15) is 19.8 Å². The Hall–Kier alpha value is -2.29. The van der Waals surface area contributed by atoms with Gasteiger partial charge in [0.05, 0.1) is 4.88 Å². The van der Waals surface area contributed by atoms with E-state index < -0.39 is 17.9 Å². The number of amides is 1. The van der Waals surface area contributed by atoms with Crippen LogP contribution in [0.2, 0.25) is 0 Å². The zero-order valence-corrected chi connectivity index (χ0v) is 12.2. The highest BCUT2D eigenvalue weighted by atomic mass is 32.1. The second-order valence-electron chi connectivity index (χ2n) is 4.37. The largest absolute Gasteiger partial charge is 0.480 e. The summed E-state index contributed by atoms with van der Waals surface area (Å²) in [6.45, 7) is 1.69. The van der Waals surface area contributed by atoms with Gasteiger partial charge in [0.25, 0.3) is 0 Å². The third-order valence-corrected chi connectivity index (χ3v) is 3.56. The maximum atomic E-state index is 11.8. The average Bonchev–Trinajstić information content (AvgIpc) is 3.08. The number of carboxylic acid groups (broad SMARTS) is 1. The van der Waals surface area contributed by atoms with E-state index in [1.807, 2.05) is 24.4 Å². The Labute approximate surface area is 124 Å². The van der Waals surface area contributed by atoms with E-state index in [1.165, 1.54) is 11.3 Å². The molecule has 0 aliphatic carbocycles. The molecule has 9 heteroatoms. The monoisotopic (exact) mass is 309 g/mol. The molecule has 2 rings (SSSR count). The van der Waals surface area contributed by atoms with Crippen molar-refractivity contribution in [1.29, 1.82) is 0 Å². The van der Waals surface area contributed by atoms with Gasteiger partial charge in [-0.1, -0.05) is 19.4 Å². The number of hydrogen-bond acceptors (Lipinski definition) is 6. The summed E-state index contributed by atoms with van der Waals surface area (Å²) < 4.78 is 0. The summed E-state index contributed by atoms with van der Waals surface area (Å²) in [6, 6.07) is 2.84. The van der Waals surface area contributed by atoms with Gasteiger partial charge < -0.3 is 10.4 Å². The molecular weight excluding hydrogens is 294 g/mol. The van der Waals surface area contributed by atoms with E-state index in [0.29, 0.717) is 18.7 Å². The maximum absolute atomic E-state index is 11.8. The number of aliphatic carboxylic acids is 1. The Morgan fingerprint density at radius 3 is 2.95 bits per heavy atom. The van der Waals surface area contributed by atoms with Crippen molar-refractivity contribution in [3.63, 3.8) is 0 Å². The molecule has 0 radical (unpaired) electrons. The number of nitrogens with one attached hydrogen (secondary N) is 1. The van der Waals surface area contributed by atoms with Gasteiger partial charge >= 0.3 is 5.97 Å². The molecule has 112 valence electrons. The molecule has 0 saturated carbocycles. The van der Waals surface area contributed by atoms with Crippen LogP contribution in [0.3, 0.4) is 0 Å². The molecule has 1 atom stereocenters. The lowest BCUT2D eigenvalue weighted by Gasteiger charge is -2.12. The highest BCUT2D eigenvalue weighted by Gasteiger charge is 2.19. The SMILES string of the molecule is CCC[C@H](NC(=O)Cn1nnc(-c2cccs2)n1)C(=O)O. The number of tetrazole rings is 1. The molecule has 2 aromatic rings. The number of carboxylic acids is 1. The van der Waals surface area contributed by atoms with Crippen LogP contribution < -0.4 is 5.32 Å². The van der Waals surface area contributed by atoms with Gasteiger partial charge in [-0.15, -0.1) is 21.5 Å². The Morgan fingerprint density at radius 1 is 1.52 bits per heavy atom. The fourth-order valence-electron chi connectivity index (χ4n) is 1.73. The second-order valence-corrected chi connectivity index (χ2v) is 5.32. The van der Waals surface area contributed by atoms with Crippen molar-refractivity contribution in [3.05, 3.63) is 17.5 Å². The quantitative estimate of drug-likeness (QED) is 0.781. The predicted molar refractivity (Wildman–Crippen MR) is 75.6 cm³/mol. The van der Waals surface area contributed by atoms with Crippen LogP contribution >= 0.6 is 11.3 Å². The van der Waals surface area contributed by atoms with Crippen molar-refractivity contribution in [2.24, 2.45) is 0 Å². The van der Waals surface area contributed by atoms with Crippen LogP contribution in [-0.4, -0.2) is 43.2 Å². The number of aromatic nitrogens is 4. The molecule has 2 N–H and O–H groups in total. The van der Waals surface area contributed by atoms with Crippen LogP contribution in [0.25, 0.3) is 10.7 Å². The minimum atomic E-state index is -1.05. The van der Waals surface area contributed by atoms with E-state index in [0.717, 1.165) is 9.67 Å². The molecule has 0 unspecified atom stereocenters. The highest BCUT2D eigenvalue weighted by Crippen LogP contribution is 2.19. The first-order chi connectivity index (χ1) is 10.1. The molecule has 21 heavy (non-hydrogen) atoms. The second kappa shape index (κ2) is 6.93. The summed E-state index contributed by atoms with van der Waals surface area (Å²) in [4.78, 5) is 24.8. The maximum Gasteiger partial charge on any atom is 0.326 e. The third kappa shape index (κ3) is 4.09. The molecule has 2 heterocycles. The predicted octanol–water partition coefficient (Wildman–Crippen LogP) is 0.771. The number of carbonyl (C=O) groups excluding carboxylic acids is 1. The summed E-state index contributed by atoms with van der Waals surface area (Å²) in [5.41, 5.74) is 0. The molecule has 0 bridgehead atoms. The smallest absolute Gasteiger partial charge is 0.326 e. The number of carbonyl (C=O) groups is 2. The third-order valence-electron chi connectivity index (χ3n) is 2.69. The molecule has 0 saturated heterocycles. The fourth-order valence-corrected chi connectivity index (χ4v) is 2.38. The Kier molecular flexibility index (Phi) is 4.99. The molecule has 0 aliphatic rings. The van der Waals surface area contributed by atoms with E-state index in [-0.39, 0.29) is 6.54 Å². The van der Waals surface area contributed by atoms with Crippen LogP contribution in [-0.2, 0) is 16.1 Å². The van der Waals surface area contributed by atoms with Gasteiger partial charge in [-0.2, -0.15) is 4.80 Å². The van der Waals surface area contributed by atoms with Gasteiger partial charge in [0.2, 0.25) is 11.7 Å². The highest BCUT2D eigenvalue weighted by molar-refractivity contribution is 7.13. The standard InChI is InChI=1S/C12H15N5O3S/c1-2-4-8(12(19)20)13-10(18)7-17-15-11(14-16-17)9-5-3-6-21-9/h3,5-6,8H,2,4,7H2,1H3,(H,13,18)(H,19,20)/t8-/m0/s1. The first-order valence-corrected chi connectivity index (χ1v) is 7.32. The van der Waals surface area contributed by atoms with Gasteiger partial charge in [-0.05, 0) is 23.1 Å². The summed E-state index contributed by atoms with van der Waals surface area (Å²) in [5.74, 6) is -1.05. The van der Waals surface area contributed by atoms with Crippen LogP contribution in [0.4, 0.5) is 0 Å². The van der Waals surface area contributed by atoms with Crippen LogP contribution in [0.15, 0.2) is 17.5 Å². The summed E-state index contributed by atoms with van der Waals surface area (Å²) >= 11 is 1.47. The Bertz CT molecular complexity index is 610. The number of rotatable bonds is 7. The van der Waals surface area contributed by atoms with Crippen molar-refractivity contribution in [2.45, 2.75) is 32.4 Å². The first-order valence-electron chi connectivity index (χ1n) is 6.44. The summed E-state index contributed by atoms with van der Waals surface area (Å²) in [6.07, 6.45) is 1.05. The minimum Gasteiger partial charge on any atom is -0.480 e. The molecule has 0 aromatic carbocycles. The minimum absolute atomic E-state index is 0.161. The zero-order chi connectivity index (χ0) is 15.2. The lowest BCUT2D eigenvalue weighted by atomic mass is 10.2. The van der Waals surface area contributed by atoms with E-state index >= 15 is 0 Å².